The lowest BCUT2D eigenvalue weighted by Gasteiger charge is -2.19. The van der Waals surface area contributed by atoms with Crippen molar-refractivity contribution in [3.8, 4) is 0 Å². The van der Waals surface area contributed by atoms with Gasteiger partial charge in [-0.25, -0.2) is 4.39 Å². The molecule has 1 aromatic carbocycles. The molecule has 2 rings (SSSR count). The van der Waals surface area contributed by atoms with Crippen molar-refractivity contribution in [2.24, 2.45) is 0 Å². The Kier molecular flexibility index (Phi) is 2.91. The van der Waals surface area contributed by atoms with E-state index in [-0.39, 0.29) is 5.82 Å². The molecule has 0 heterocycles. The van der Waals surface area contributed by atoms with Crippen molar-refractivity contribution >= 4 is 5.69 Å². The lowest BCUT2D eigenvalue weighted by atomic mass is 10.2. The molecule has 1 saturated carbocycles. The summed E-state index contributed by atoms with van der Waals surface area (Å²) < 4.78 is 13.7. The largest absolute Gasteiger partial charge is 0.369 e. The number of anilines is 1. The molecule has 0 unspecified atom stereocenters. The summed E-state index contributed by atoms with van der Waals surface area (Å²) in [4.78, 5) is 2.04. The van der Waals surface area contributed by atoms with Crippen LogP contribution < -0.4 is 10.2 Å². The summed E-state index contributed by atoms with van der Waals surface area (Å²) in [5.41, 5.74) is 1.71. The Bertz CT molecular complexity index is 347. The number of hydrogen-bond acceptors (Lipinski definition) is 2. The number of rotatable bonds is 4. The van der Waals surface area contributed by atoms with Gasteiger partial charge in [0, 0.05) is 19.6 Å². The van der Waals surface area contributed by atoms with Gasteiger partial charge >= 0.3 is 0 Å². The van der Waals surface area contributed by atoms with Gasteiger partial charge in [0.05, 0.1) is 5.69 Å². The molecule has 1 aliphatic rings. The van der Waals surface area contributed by atoms with E-state index in [0.29, 0.717) is 12.6 Å². The van der Waals surface area contributed by atoms with Crippen molar-refractivity contribution in [3.05, 3.63) is 29.6 Å². The molecule has 0 atom stereocenters. The van der Waals surface area contributed by atoms with Crippen LogP contribution in [0.5, 0.6) is 0 Å². The van der Waals surface area contributed by atoms with Crippen molar-refractivity contribution in [2.45, 2.75) is 25.4 Å². The van der Waals surface area contributed by atoms with Crippen LogP contribution in [-0.2, 0) is 6.54 Å². The predicted molar refractivity (Wildman–Crippen MR) is 60.6 cm³/mol. The fourth-order valence-corrected chi connectivity index (χ4v) is 1.81. The molecular formula is C12H17FN2. The van der Waals surface area contributed by atoms with E-state index >= 15 is 0 Å². The smallest absolute Gasteiger partial charge is 0.146 e. The van der Waals surface area contributed by atoms with Gasteiger partial charge in [0.1, 0.15) is 5.82 Å². The number of benzene rings is 1. The Hall–Kier alpha value is -1.09. The molecule has 1 fully saturated rings. The summed E-state index contributed by atoms with van der Waals surface area (Å²) in [7, 11) is 3.83. The average Bonchev–Trinajstić information content (AvgIpc) is 3.01. The minimum Gasteiger partial charge on any atom is -0.369 e. The molecule has 82 valence electrons. The molecule has 1 N–H and O–H groups in total. The maximum absolute atomic E-state index is 13.7. The highest BCUT2D eigenvalue weighted by Gasteiger charge is 2.27. The van der Waals surface area contributed by atoms with E-state index in [1.807, 2.05) is 31.1 Å². The van der Waals surface area contributed by atoms with Crippen molar-refractivity contribution in [2.75, 3.05) is 19.0 Å². The predicted octanol–water partition coefficient (Wildman–Crippen LogP) is 2.14. The minimum atomic E-state index is -0.114. The number of halogens is 1. The third-order valence-corrected chi connectivity index (χ3v) is 2.87. The first kappa shape index (κ1) is 10.4. The maximum atomic E-state index is 13.7. The van der Waals surface area contributed by atoms with Crippen LogP contribution in [0.4, 0.5) is 10.1 Å². The van der Waals surface area contributed by atoms with Gasteiger partial charge in [0.15, 0.2) is 0 Å². The Morgan fingerprint density at radius 1 is 1.47 bits per heavy atom. The van der Waals surface area contributed by atoms with Crippen LogP contribution in [0.2, 0.25) is 0 Å². The lowest BCUT2D eigenvalue weighted by molar-refractivity contribution is 0.618. The van der Waals surface area contributed by atoms with Crippen molar-refractivity contribution in [1.82, 2.24) is 5.32 Å². The normalized spacial score (nSPS) is 15.4. The second-order valence-corrected chi connectivity index (χ2v) is 4.16. The van der Waals surface area contributed by atoms with E-state index in [1.54, 1.807) is 6.07 Å². The van der Waals surface area contributed by atoms with Crippen molar-refractivity contribution in [1.29, 1.82) is 0 Å². The SMILES string of the molecule is CNCc1ccc(N(C)C2CC2)c(F)c1. The van der Waals surface area contributed by atoms with Crippen LogP contribution in [0, 0.1) is 5.82 Å². The molecule has 0 aromatic heterocycles. The van der Waals surface area contributed by atoms with Gasteiger partial charge in [-0.1, -0.05) is 6.07 Å². The van der Waals surface area contributed by atoms with Crippen LogP contribution >= 0.6 is 0 Å². The Morgan fingerprint density at radius 3 is 2.73 bits per heavy atom. The van der Waals surface area contributed by atoms with Gasteiger partial charge < -0.3 is 10.2 Å². The lowest BCUT2D eigenvalue weighted by Crippen LogP contribution is -2.20. The summed E-state index contributed by atoms with van der Waals surface area (Å²) in [6.45, 7) is 0.713. The Labute approximate surface area is 90.1 Å². The second-order valence-electron chi connectivity index (χ2n) is 4.16. The van der Waals surface area contributed by atoms with Gasteiger partial charge in [-0.3, -0.25) is 0 Å². The zero-order chi connectivity index (χ0) is 10.8. The average molecular weight is 208 g/mol. The number of nitrogens with zero attached hydrogens (tertiary/aromatic N) is 1. The molecule has 0 bridgehead atoms. The highest BCUT2D eigenvalue weighted by atomic mass is 19.1. The Morgan fingerprint density at radius 2 is 2.20 bits per heavy atom. The summed E-state index contributed by atoms with van der Waals surface area (Å²) in [5.74, 6) is -0.114. The molecule has 0 saturated heterocycles. The second kappa shape index (κ2) is 4.19. The van der Waals surface area contributed by atoms with Crippen LogP contribution in [-0.4, -0.2) is 20.1 Å². The number of nitrogens with one attached hydrogen (secondary N) is 1. The topological polar surface area (TPSA) is 15.3 Å². The molecule has 0 spiro atoms. The van der Waals surface area contributed by atoms with Gasteiger partial charge in [-0.05, 0) is 37.6 Å². The molecule has 0 radical (unpaired) electrons. The fourth-order valence-electron chi connectivity index (χ4n) is 1.81. The first-order valence-corrected chi connectivity index (χ1v) is 5.38. The first-order valence-electron chi connectivity index (χ1n) is 5.38. The molecule has 2 nitrogen and oxygen atoms in total. The van der Waals surface area contributed by atoms with Crippen LogP contribution in [0.25, 0.3) is 0 Å². The van der Waals surface area contributed by atoms with Crippen LogP contribution in [0.1, 0.15) is 18.4 Å². The summed E-state index contributed by atoms with van der Waals surface area (Å²) in [6, 6.07) is 6.02. The molecule has 0 aliphatic heterocycles. The van der Waals surface area contributed by atoms with Gasteiger partial charge in [0.25, 0.3) is 0 Å². The van der Waals surface area contributed by atoms with E-state index in [4.69, 9.17) is 0 Å². The molecule has 0 amide bonds. The third kappa shape index (κ3) is 2.29. The summed E-state index contributed by atoms with van der Waals surface area (Å²) in [5, 5.41) is 3.01. The van der Waals surface area contributed by atoms with Crippen molar-refractivity contribution in [3.63, 3.8) is 0 Å². The summed E-state index contributed by atoms with van der Waals surface area (Å²) >= 11 is 0. The first-order chi connectivity index (χ1) is 7.22. The maximum Gasteiger partial charge on any atom is 0.146 e. The van der Waals surface area contributed by atoms with Crippen molar-refractivity contribution < 1.29 is 4.39 Å². The molecule has 3 heteroatoms. The van der Waals surface area contributed by atoms with E-state index in [2.05, 4.69) is 5.32 Å². The van der Waals surface area contributed by atoms with E-state index in [1.165, 1.54) is 12.8 Å². The van der Waals surface area contributed by atoms with E-state index < -0.39 is 0 Å². The highest BCUT2D eigenvalue weighted by molar-refractivity contribution is 5.50. The molecule has 15 heavy (non-hydrogen) atoms. The Balaban J connectivity index is 2.17. The van der Waals surface area contributed by atoms with Gasteiger partial charge in [-0.2, -0.15) is 0 Å². The van der Waals surface area contributed by atoms with E-state index in [0.717, 1.165) is 11.3 Å². The highest BCUT2D eigenvalue weighted by Crippen LogP contribution is 2.31. The van der Waals surface area contributed by atoms with Crippen LogP contribution in [0.3, 0.4) is 0 Å². The monoisotopic (exact) mass is 208 g/mol. The standard InChI is InChI=1S/C12H17FN2/c1-14-8-9-3-6-12(11(13)7-9)15(2)10-4-5-10/h3,6-7,10,14H,4-5,8H2,1-2H3. The minimum absolute atomic E-state index is 0.114. The zero-order valence-electron chi connectivity index (χ0n) is 9.26. The quantitative estimate of drug-likeness (QED) is 0.815. The molecule has 1 aliphatic carbocycles. The summed E-state index contributed by atoms with van der Waals surface area (Å²) in [6.07, 6.45) is 2.38. The zero-order valence-corrected chi connectivity index (χ0v) is 9.26. The molecular weight excluding hydrogens is 191 g/mol. The van der Waals surface area contributed by atoms with E-state index in [9.17, 15) is 4.39 Å². The van der Waals surface area contributed by atoms with Gasteiger partial charge in [-0.15, -0.1) is 0 Å². The number of hydrogen-bond donors (Lipinski definition) is 1. The third-order valence-electron chi connectivity index (χ3n) is 2.87. The fraction of sp³-hybridized carbons (Fsp3) is 0.500. The molecule has 1 aromatic rings. The van der Waals surface area contributed by atoms with Gasteiger partial charge in [0.2, 0.25) is 0 Å². The van der Waals surface area contributed by atoms with Crippen LogP contribution in [0.15, 0.2) is 18.2 Å².